The highest BCUT2D eigenvalue weighted by Crippen LogP contribution is 2.21. The molecular weight excluding hydrogens is 350 g/mol. The van der Waals surface area contributed by atoms with E-state index in [4.69, 9.17) is 11.6 Å². The summed E-state index contributed by atoms with van der Waals surface area (Å²) < 4.78 is 1.66. The standard InChI is InChI=1S/C20H24ClN3O2/c1-13-5-6-16(21)10-17(13)23-19(25)18-14(2)7-9-24(20(18)26)12-15-4-3-8-22-11-15/h5-7,9-10,15,22H,3-4,8,11-12H2,1-2H3,(H,23,25). The Morgan fingerprint density at radius 3 is 2.85 bits per heavy atom. The fourth-order valence-corrected chi connectivity index (χ4v) is 3.53. The molecule has 26 heavy (non-hydrogen) atoms. The molecule has 6 heteroatoms. The van der Waals surface area contributed by atoms with Crippen molar-refractivity contribution < 1.29 is 4.79 Å². The van der Waals surface area contributed by atoms with Crippen molar-refractivity contribution in [1.82, 2.24) is 9.88 Å². The zero-order chi connectivity index (χ0) is 18.7. The van der Waals surface area contributed by atoms with E-state index in [1.807, 2.05) is 19.1 Å². The van der Waals surface area contributed by atoms with Gasteiger partial charge in [-0.15, -0.1) is 0 Å². The topological polar surface area (TPSA) is 63.1 Å². The van der Waals surface area contributed by atoms with Gasteiger partial charge in [0.05, 0.1) is 0 Å². The summed E-state index contributed by atoms with van der Waals surface area (Å²) in [7, 11) is 0. The minimum atomic E-state index is -0.394. The molecule has 1 saturated heterocycles. The van der Waals surface area contributed by atoms with Crippen LogP contribution in [0.15, 0.2) is 35.3 Å². The number of pyridine rings is 1. The summed E-state index contributed by atoms with van der Waals surface area (Å²) in [5, 5.41) is 6.73. The second kappa shape index (κ2) is 8.06. The summed E-state index contributed by atoms with van der Waals surface area (Å²) in [4.78, 5) is 25.7. The van der Waals surface area contributed by atoms with Gasteiger partial charge in [-0.05, 0) is 75.0 Å². The van der Waals surface area contributed by atoms with Gasteiger partial charge in [0.1, 0.15) is 5.56 Å². The molecule has 1 aliphatic rings. The van der Waals surface area contributed by atoms with Crippen LogP contribution in [0.25, 0.3) is 0 Å². The van der Waals surface area contributed by atoms with Crippen molar-refractivity contribution in [3.63, 3.8) is 0 Å². The SMILES string of the molecule is Cc1ccc(Cl)cc1NC(=O)c1c(C)ccn(CC2CCCNC2)c1=O. The number of piperidine rings is 1. The Hall–Kier alpha value is -2.11. The fraction of sp³-hybridized carbons (Fsp3) is 0.400. The van der Waals surface area contributed by atoms with Crippen LogP contribution in [0.3, 0.4) is 0 Å². The lowest BCUT2D eigenvalue weighted by atomic mass is 9.99. The van der Waals surface area contributed by atoms with Gasteiger partial charge in [0, 0.05) is 23.5 Å². The largest absolute Gasteiger partial charge is 0.322 e. The van der Waals surface area contributed by atoms with Crippen molar-refractivity contribution in [3.8, 4) is 0 Å². The maximum atomic E-state index is 12.9. The van der Waals surface area contributed by atoms with Crippen LogP contribution >= 0.6 is 11.6 Å². The first-order valence-electron chi connectivity index (χ1n) is 8.94. The highest BCUT2D eigenvalue weighted by Gasteiger charge is 2.19. The summed E-state index contributed by atoms with van der Waals surface area (Å²) in [5.74, 6) is 0.0178. The van der Waals surface area contributed by atoms with Gasteiger partial charge in [-0.1, -0.05) is 17.7 Å². The molecule has 0 spiro atoms. The monoisotopic (exact) mass is 373 g/mol. The molecule has 1 aromatic heterocycles. The Kier molecular flexibility index (Phi) is 5.79. The van der Waals surface area contributed by atoms with Crippen LogP contribution in [0.5, 0.6) is 0 Å². The summed E-state index contributed by atoms with van der Waals surface area (Å²) in [6.45, 7) is 6.24. The lowest BCUT2D eigenvalue weighted by Crippen LogP contribution is -2.36. The molecule has 0 aliphatic carbocycles. The normalized spacial score (nSPS) is 17.1. The van der Waals surface area contributed by atoms with Gasteiger partial charge in [0.25, 0.3) is 11.5 Å². The van der Waals surface area contributed by atoms with Crippen molar-refractivity contribution in [3.05, 3.63) is 62.5 Å². The Morgan fingerprint density at radius 1 is 1.31 bits per heavy atom. The maximum Gasteiger partial charge on any atom is 0.263 e. The number of halogens is 1. The third-order valence-electron chi connectivity index (χ3n) is 4.90. The van der Waals surface area contributed by atoms with Crippen molar-refractivity contribution in [2.75, 3.05) is 18.4 Å². The minimum Gasteiger partial charge on any atom is -0.322 e. The van der Waals surface area contributed by atoms with Crippen LogP contribution < -0.4 is 16.2 Å². The van der Waals surface area contributed by atoms with Gasteiger partial charge in [-0.25, -0.2) is 0 Å². The second-order valence-corrected chi connectivity index (χ2v) is 7.39. The quantitative estimate of drug-likeness (QED) is 0.863. The maximum absolute atomic E-state index is 12.9. The predicted molar refractivity (Wildman–Crippen MR) is 105 cm³/mol. The number of benzene rings is 1. The molecular formula is C20H24ClN3O2. The van der Waals surface area contributed by atoms with E-state index in [-0.39, 0.29) is 11.1 Å². The summed E-state index contributed by atoms with van der Waals surface area (Å²) in [5.41, 5.74) is 2.13. The molecule has 0 radical (unpaired) electrons. The molecule has 138 valence electrons. The number of nitrogens with zero attached hydrogens (tertiary/aromatic N) is 1. The van der Waals surface area contributed by atoms with E-state index in [1.165, 1.54) is 0 Å². The number of hydrogen-bond donors (Lipinski definition) is 2. The van der Waals surface area contributed by atoms with Crippen molar-refractivity contribution in [2.24, 2.45) is 5.92 Å². The van der Waals surface area contributed by atoms with Crippen molar-refractivity contribution in [1.29, 1.82) is 0 Å². The molecule has 1 atom stereocenters. The Labute approximate surface area is 158 Å². The predicted octanol–water partition coefficient (Wildman–Crippen LogP) is 3.37. The van der Waals surface area contributed by atoms with Crippen LogP contribution in [0.2, 0.25) is 5.02 Å². The summed E-state index contributed by atoms with van der Waals surface area (Å²) in [6.07, 6.45) is 4.00. The number of nitrogens with one attached hydrogen (secondary N) is 2. The average Bonchev–Trinajstić information content (AvgIpc) is 2.62. The van der Waals surface area contributed by atoms with Gasteiger partial charge in [-0.3, -0.25) is 9.59 Å². The second-order valence-electron chi connectivity index (χ2n) is 6.96. The lowest BCUT2D eigenvalue weighted by molar-refractivity contribution is 0.102. The average molecular weight is 374 g/mol. The molecule has 1 amide bonds. The molecule has 1 unspecified atom stereocenters. The Morgan fingerprint density at radius 2 is 2.12 bits per heavy atom. The number of carbonyl (C=O) groups excluding carboxylic acids is 1. The van der Waals surface area contributed by atoms with Gasteiger partial charge in [0.2, 0.25) is 0 Å². The Balaban J connectivity index is 1.86. The van der Waals surface area contributed by atoms with Gasteiger partial charge in [0.15, 0.2) is 0 Å². The molecule has 2 N–H and O–H groups in total. The van der Waals surface area contributed by atoms with E-state index in [2.05, 4.69) is 10.6 Å². The van der Waals surface area contributed by atoms with Crippen LogP contribution in [0, 0.1) is 19.8 Å². The zero-order valence-corrected chi connectivity index (χ0v) is 15.9. The smallest absolute Gasteiger partial charge is 0.263 e. The minimum absolute atomic E-state index is 0.190. The zero-order valence-electron chi connectivity index (χ0n) is 15.1. The molecule has 3 rings (SSSR count). The number of anilines is 1. The number of aryl methyl sites for hydroxylation is 2. The van der Waals surface area contributed by atoms with E-state index in [9.17, 15) is 9.59 Å². The van der Waals surface area contributed by atoms with Crippen LogP contribution in [0.4, 0.5) is 5.69 Å². The molecule has 0 saturated carbocycles. The lowest BCUT2D eigenvalue weighted by Gasteiger charge is -2.23. The molecule has 2 aromatic rings. The molecule has 1 aliphatic heterocycles. The van der Waals surface area contributed by atoms with Crippen molar-refractivity contribution >= 4 is 23.2 Å². The van der Waals surface area contributed by atoms with Crippen LogP contribution in [0.1, 0.15) is 34.3 Å². The third kappa shape index (κ3) is 4.17. The third-order valence-corrected chi connectivity index (χ3v) is 5.14. The molecule has 0 bridgehead atoms. The first kappa shape index (κ1) is 18.7. The number of aromatic nitrogens is 1. The van der Waals surface area contributed by atoms with Crippen LogP contribution in [-0.4, -0.2) is 23.6 Å². The van der Waals surface area contributed by atoms with E-state index >= 15 is 0 Å². The molecule has 2 heterocycles. The fourth-order valence-electron chi connectivity index (χ4n) is 3.36. The van der Waals surface area contributed by atoms with E-state index in [0.717, 1.165) is 31.5 Å². The first-order chi connectivity index (χ1) is 12.5. The van der Waals surface area contributed by atoms with E-state index in [0.29, 0.717) is 28.7 Å². The molecule has 1 aromatic carbocycles. The van der Waals surface area contributed by atoms with E-state index in [1.54, 1.807) is 29.8 Å². The molecule has 1 fully saturated rings. The summed E-state index contributed by atoms with van der Waals surface area (Å²) in [6, 6.07) is 7.13. The van der Waals surface area contributed by atoms with Crippen LogP contribution in [-0.2, 0) is 6.54 Å². The Bertz CT molecular complexity index is 870. The molecule has 5 nitrogen and oxygen atoms in total. The number of amides is 1. The number of carbonyl (C=O) groups is 1. The van der Waals surface area contributed by atoms with Gasteiger partial charge >= 0.3 is 0 Å². The van der Waals surface area contributed by atoms with Gasteiger partial charge in [-0.2, -0.15) is 0 Å². The highest BCUT2D eigenvalue weighted by atomic mass is 35.5. The van der Waals surface area contributed by atoms with E-state index < -0.39 is 5.91 Å². The number of rotatable bonds is 4. The number of hydrogen-bond acceptors (Lipinski definition) is 3. The highest BCUT2D eigenvalue weighted by molar-refractivity contribution is 6.31. The summed E-state index contributed by atoms with van der Waals surface area (Å²) >= 11 is 6.02. The van der Waals surface area contributed by atoms with Crippen molar-refractivity contribution in [2.45, 2.75) is 33.2 Å². The first-order valence-corrected chi connectivity index (χ1v) is 9.32. The van der Waals surface area contributed by atoms with Gasteiger partial charge < -0.3 is 15.2 Å².